The third-order valence-electron chi connectivity index (χ3n) is 1.98. The molecule has 0 bridgehead atoms. The van der Waals surface area contributed by atoms with Crippen LogP contribution in [0.3, 0.4) is 0 Å². The normalized spacial score (nSPS) is 28.8. The average molecular weight is 173 g/mol. The molecule has 1 aliphatic rings. The van der Waals surface area contributed by atoms with Crippen molar-refractivity contribution in [2.75, 3.05) is 13.2 Å². The van der Waals surface area contributed by atoms with Crippen molar-refractivity contribution >= 4 is 5.91 Å². The van der Waals surface area contributed by atoms with Crippen LogP contribution in [0.4, 0.5) is 0 Å². The molecule has 4 heteroatoms. The van der Waals surface area contributed by atoms with Crippen LogP contribution in [0.25, 0.3) is 0 Å². The van der Waals surface area contributed by atoms with E-state index in [0.29, 0.717) is 6.54 Å². The summed E-state index contributed by atoms with van der Waals surface area (Å²) in [7, 11) is 0. The first kappa shape index (κ1) is 9.48. The second-order valence-corrected chi connectivity index (χ2v) is 3.08. The van der Waals surface area contributed by atoms with Crippen LogP contribution in [-0.4, -0.2) is 36.4 Å². The fraction of sp³-hybridized carbons (Fsp3) is 0.875. The van der Waals surface area contributed by atoms with Crippen LogP contribution < -0.4 is 5.32 Å². The van der Waals surface area contributed by atoms with Gasteiger partial charge >= 0.3 is 0 Å². The van der Waals surface area contributed by atoms with E-state index in [1.54, 1.807) is 0 Å². The van der Waals surface area contributed by atoms with Gasteiger partial charge in [0, 0.05) is 13.5 Å². The van der Waals surface area contributed by atoms with E-state index in [-0.39, 0.29) is 24.7 Å². The van der Waals surface area contributed by atoms with Gasteiger partial charge in [-0.3, -0.25) is 4.79 Å². The Balaban J connectivity index is 2.15. The Labute approximate surface area is 71.9 Å². The zero-order valence-corrected chi connectivity index (χ0v) is 7.25. The van der Waals surface area contributed by atoms with Crippen molar-refractivity contribution < 1.29 is 14.6 Å². The fourth-order valence-electron chi connectivity index (χ4n) is 1.32. The molecule has 4 nitrogen and oxygen atoms in total. The summed E-state index contributed by atoms with van der Waals surface area (Å²) in [5, 5.41) is 11.4. The van der Waals surface area contributed by atoms with Gasteiger partial charge in [0.2, 0.25) is 5.91 Å². The van der Waals surface area contributed by atoms with Crippen molar-refractivity contribution in [3.63, 3.8) is 0 Å². The molecule has 1 heterocycles. The second kappa shape index (κ2) is 4.42. The Morgan fingerprint density at radius 2 is 2.25 bits per heavy atom. The largest absolute Gasteiger partial charge is 0.394 e. The molecule has 2 atom stereocenters. The molecule has 1 saturated heterocycles. The minimum absolute atomic E-state index is 0.0243. The van der Waals surface area contributed by atoms with E-state index in [2.05, 4.69) is 5.32 Å². The highest BCUT2D eigenvalue weighted by molar-refractivity contribution is 5.72. The predicted molar refractivity (Wildman–Crippen MR) is 43.7 cm³/mol. The molecule has 2 N–H and O–H groups in total. The smallest absolute Gasteiger partial charge is 0.216 e. The van der Waals surface area contributed by atoms with Gasteiger partial charge < -0.3 is 15.2 Å². The summed E-state index contributed by atoms with van der Waals surface area (Å²) in [5.74, 6) is -0.0361. The molecule has 0 saturated carbocycles. The molecule has 1 rings (SSSR count). The van der Waals surface area contributed by atoms with E-state index in [1.165, 1.54) is 6.92 Å². The minimum Gasteiger partial charge on any atom is -0.394 e. The van der Waals surface area contributed by atoms with Crippen molar-refractivity contribution in [3.05, 3.63) is 0 Å². The third kappa shape index (κ3) is 2.79. The van der Waals surface area contributed by atoms with Gasteiger partial charge in [0.15, 0.2) is 0 Å². The zero-order chi connectivity index (χ0) is 8.97. The molecule has 1 fully saturated rings. The SMILES string of the molecule is CC(=O)NC[C@H]1CC[C@@H](CO)O1. The Bertz CT molecular complexity index is 160. The second-order valence-electron chi connectivity index (χ2n) is 3.08. The molecule has 1 amide bonds. The van der Waals surface area contributed by atoms with E-state index in [0.717, 1.165) is 12.8 Å². The lowest BCUT2D eigenvalue weighted by molar-refractivity contribution is -0.119. The molecule has 0 aliphatic carbocycles. The topological polar surface area (TPSA) is 58.6 Å². The van der Waals surface area contributed by atoms with E-state index in [4.69, 9.17) is 9.84 Å². The van der Waals surface area contributed by atoms with Crippen LogP contribution >= 0.6 is 0 Å². The first-order chi connectivity index (χ1) is 5.72. The molecule has 70 valence electrons. The highest BCUT2D eigenvalue weighted by Gasteiger charge is 2.24. The number of ether oxygens (including phenoxy) is 1. The number of carbonyl (C=O) groups excluding carboxylic acids is 1. The molecule has 0 aromatic rings. The summed E-state index contributed by atoms with van der Waals surface area (Å²) >= 11 is 0. The number of carbonyl (C=O) groups is 1. The van der Waals surface area contributed by atoms with Crippen LogP contribution in [-0.2, 0) is 9.53 Å². The summed E-state index contributed by atoms with van der Waals surface area (Å²) in [6.07, 6.45) is 1.88. The van der Waals surface area contributed by atoms with Gasteiger partial charge in [-0.25, -0.2) is 0 Å². The Morgan fingerprint density at radius 3 is 2.75 bits per heavy atom. The van der Waals surface area contributed by atoms with Gasteiger partial charge in [-0.15, -0.1) is 0 Å². The molecular weight excluding hydrogens is 158 g/mol. The van der Waals surface area contributed by atoms with Crippen LogP contribution in [0.5, 0.6) is 0 Å². The Hall–Kier alpha value is -0.610. The monoisotopic (exact) mass is 173 g/mol. The number of hydrogen-bond acceptors (Lipinski definition) is 3. The highest BCUT2D eigenvalue weighted by atomic mass is 16.5. The lowest BCUT2D eigenvalue weighted by Gasteiger charge is -2.11. The zero-order valence-electron chi connectivity index (χ0n) is 7.25. The number of hydrogen-bond donors (Lipinski definition) is 2. The first-order valence-electron chi connectivity index (χ1n) is 4.23. The Morgan fingerprint density at radius 1 is 1.58 bits per heavy atom. The van der Waals surface area contributed by atoms with E-state index in [9.17, 15) is 4.79 Å². The summed E-state index contributed by atoms with van der Waals surface area (Å²) < 4.78 is 5.40. The molecule has 12 heavy (non-hydrogen) atoms. The van der Waals surface area contributed by atoms with Gasteiger partial charge in [-0.05, 0) is 12.8 Å². The summed E-state index contributed by atoms with van der Waals surface area (Å²) in [4.78, 5) is 10.5. The lowest BCUT2D eigenvalue weighted by atomic mass is 10.2. The summed E-state index contributed by atoms with van der Waals surface area (Å²) in [6.45, 7) is 2.13. The third-order valence-corrected chi connectivity index (χ3v) is 1.98. The summed E-state index contributed by atoms with van der Waals surface area (Å²) in [5.41, 5.74) is 0. The van der Waals surface area contributed by atoms with E-state index < -0.39 is 0 Å². The number of aliphatic hydroxyl groups excluding tert-OH is 1. The number of rotatable bonds is 3. The molecule has 0 radical (unpaired) electrons. The quantitative estimate of drug-likeness (QED) is 0.614. The first-order valence-corrected chi connectivity index (χ1v) is 4.23. The molecule has 0 unspecified atom stereocenters. The van der Waals surface area contributed by atoms with E-state index >= 15 is 0 Å². The molecular formula is C8H15NO3. The van der Waals surface area contributed by atoms with Crippen molar-refractivity contribution in [2.45, 2.75) is 32.0 Å². The Kier molecular flexibility index (Phi) is 3.49. The van der Waals surface area contributed by atoms with Crippen LogP contribution in [0, 0.1) is 0 Å². The lowest BCUT2D eigenvalue weighted by Crippen LogP contribution is -2.30. The maximum Gasteiger partial charge on any atom is 0.216 e. The van der Waals surface area contributed by atoms with Gasteiger partial charge in [0.25, 0.3) is 0 Å². The van der Waals surface area contributed by atoms with Crippen molar-refractivity contribution in [1.82, 2.24) is 5.32 Å². The van der Waals surface area contributed by atoms with Gasteiger partial charge in [0.05, 0.1) is 18.8 Å². The molecule has 0 aromatic heterocycles. The highest BCUT2D eigenvalue weighted by Crippen LogP contribution is 2.18. The van der Waals surface area contributed by atoms with Crippen LogP contribution in [0.15, 0.2) is 0 Å². The number of nitrogens with one attached hydrogen (secondary N) is 1. The van der Waals surface area contributed by atoms with E-state index in [1.807, 2.05) is 0 Å². The minimum atomic E-state index is -0.0361. The van der Waals surface area contributed by atoms with Crippen LogP contribution in [0.1, 0.15) is 19.8 Å². The molecule has 0 aromatic carbocycles. The average Bonchev–Trinajstić information content (AvgIpc) is 2.48. The predicted octanol–water partition coefficient (Wildman–Crippen LogP) is -0.338. The van der Waals surface area contributed by atoms with Crippen LogP contribution in [0.2, 0.25) is 0 Å². The van der Waals surface area contributed by atoms with Crippen molar-refractivity contribution in [2.24, 2.45) is 0 Å². The van der Waals surface area contributed by atoms with Gasteiger partial charge in [-0.1, -0.05) is 0 Å². The van der Waals surface area contributed by atoms with Crippen molar-refractivity contribution in [1.29, 1.82) is 0 Å². The van der Waals surface area contributed by atoms with Gasteiger partial charge in [-0.2, -0.15) is 0 Å². The van der Waals surface area contributed by atoms with Crippen molar-refractivity contribution in [3.8, 4) is 0 Å². The standard InChI is InChI=1S/C8H15NO3/c1-6(11)9-4-7-2-3-8(5-10)12-7/h7-8,10H,2-5H2,1H3,(H,9,11)/t7-,8+/m1/s1. The summed E-state index contributed by atoms with van der Waals surface area (Å²) in [6, 6.07) is 0. The maximum atomic E-state index is 10.5. The van der Waals surface area contributed by atoms with Gasteiger partial charge in [0.1, 0.15) is 0 Å². The number of aliphatic hydroxyl groups is 1. The molecule has 1 aliphatic heterocycles. The maximum absolute atomic E-state index is 10.5. The molecule has 0 spiro atoms. The fourth-order valence-corrected chi connectivity index (χ4v) is 1.32. The number of amides is 1.